The highest BCUT2D eigenvalue weighted by atomic mass is 79.9. The van der Waals surface area contributed by atoms with Gasteiger partial charge in [0.1, 0.15) is 29.0 Å². The molecular formula is C14H10BrF2NOS. The first kappa shape index (κ1) is 14.9. The molecule has 0 spiro atoms. The van der Waals surface area contributed by atoms with Gasteiger partial charge in [-0.2, -0.15) is 0 Å². The molecule has 0 fully saturated rings. The summed E-state index contributed by atoms with van der Waals surface area (Å²) in [5.41, 5.74) is 6.13. The van der Waals surface area contributed by atoms with E-state index in [1.54, 1.807) is 18.2 Å². The number of hydrogen-bond acceptors (Lipinski definition) is 2. The minimum absolute atomic E-state index is 0.0509. The molecule has 2 aromatic rings. The Hall–Kier alpha value is -1.53. The summed E-state index contributed by atoms with van der Waals surface area (Å²) in [4.78, 5) is -0.0867. The van der Waals surface area contributed by atoms with E-state index >= 15 is 0 Å². The molecule has 0 amide bonds. The lowest BCUT2D eigenvalue weighted by molar-refractivity contribution is 0.302. The largest absolute Gasteiger partial charge is 0.488 e. The lowest BCUT2D eigenvalue weighted by Crippen LogP contribution is -2.14. The van der Waals surface area contributed by atoms with E-state index in [9.17, 15) is 8.78 Å². The van der Waals surface area contributed by atoms with E-state index in [1.165, 1.54) is 18.2 Å². The molecule has 0 bridgehead atoms. The predicted molar refractivity (Wildman–Crippen MR) is 80.7 cm³/mol. The van der Waals surface area contributed by atoms with Crippen LogP contribution in [0.1, 0.15) is 11.1 Å². The number of rotatable bonds is 4. The van der Waals surface area contributed by atoms with Crippen molar-refractivity contribution in [2.75, 3.05) is 0 Å². The zero-order valence-corrected chi connectivity index (χ0v) is 12.6. The van der Waals surface area contributed by atoms with Gasteiger partial charge in [-0.05, 0) is 34.1 Å². The van der Waals surface area contributed by atoms with Gasteiger partial charge in [-0.1, -0.05) is 30.4 Å². The molecule has 2 aromatic carbocycles. The van der Waals surface area contributed by atoms with Crippen molar-refractivity contribution in [2.45, 2.75) is 6.61 Å². The third-order valence-electron chi connectivity index (χ3n) is 2.64. The highest BCUT2D eigenvalue weighted by Gasteiger charge is 2.13. The first-order chi connectivity index (χ1) is 9.50. The third kappa shape index (κ3) is 3.13. The Kier molecular flexibility index (Phi) is 4.67. The zero-order chi connectivity index (χ0) is 14.7. The van der Waals surface area contributed by atoms with Crippen LogP contribution >= 0.6 is 28.1 Å². The van der Waals surface area contributed by atoms with Crippen LogP contribution in [0.2, 0.25) is 0 Å². The van der Waals surface area contributed by atoms with E-state index in [1.807, 2.05) is 0 Å². The molecule has 0 aromatic heterocycles. The summed E-state index contributed by atoms with van der Waals surface area (Å²) >= 11 is 7.94. The molecule has 2 N–H and O–H groups in total. The van der Waals surface area contributed by atoms with Gasteiger partial charge in [0.05, 0.1) is 10.0 Å². The minimum Gasteiger partial charge on any atom is -0.488 e. The van der Waals surface area contributed by atoms with Crippen LogP contribution in [0.5, 0.6) is 5.75 Å². The average Bonchev–Trinajstić information content (AvgIpc) is 2.40. The summed E-state index contributed by atoms with van der Waals surface area (Å²) in [5.74, 6) is -0.707. The number of thiocarbonyl (C=S) groups is 1. The van der Waals surface area contributed by atoms with Gasteiger partial charge >= 0.3 is 0 Å². The second-order valence-electron chi connectivity index (χ2n) is 3.98. The van der Waals surface area contributed by atoms with Crippen LogP contribution in [0.15, 0.2) is 40.9 Å². The van der Waals surface area contributed by atoms with Crippen LogP contribution in [0.3, 0.4) is 0 Å². The van der Waals surface area contributed by atoms with Gasteiger partial charge in [-0.3, -0.25) is 0 Å². The standard InChI is InChI=1S/C14H10BrF2NOS/c15-13-8(3-1-5-10(13)17)7-19-11-6-2-4-9(16)12(11)14(18)20/h1-6H,7H2,(H2,18,20). The van der Waals surface area contributed by atoms with Gasteiger partial charge in [0, 0.05) is 5.56 Å². The van der Waals surface area contributed by atoms with Crippen molar-refractivity contribution in [2.24, 2.45) is 5.73 Å². The lowest BCUT2D eigenvalue weighted by Gasteiger charge is -2.12. The number of halogens is 3. The van der Waals surface area contributed by atoms with Crippen molar-refractivity contribution < 1.29 is 13.5 Å². The van der Waals surface area contributed by atoms with E-state index in [4.69, 9.17) is 22.7 Å². The SMILES string of the molecule is NC(=S)c1c(F)cccc1OCc1cccc(F)c1Br. The molecule has 0 atom stereocenters. The van der Waals surface area contributed by atoms with Crippen LogP contribution in [0.25, 0.3) is 0 Å². The molecule has 0 saturated heterocycles. The molecule has 2 nitrogen and oxygen atoms in total. The normalized spacial score (nSPS) is 10.3. The van der Waals surface area contributed by atoms with Crippen molar-refractivity contribution in [1.29, 1.82) is 0 Å². The molecule has 0 aliphatic heterocycles. The Balaban J connectivity index is 2.26. The van der Waals surface area contributed by atoms with Crippen molar-refractivity contribution in [3.63, 3.8) is 0 Å². The second-order valence-corrected chi connectivity index (χ2v) is 5.21. The number of benzene rings is 2. The third-order valence-corrected chi connectivity index (χ3v) is 3.73. The van der Waals surface area contributed by atoms with Crippen LogP contribution in [0, 0.1) is 11.6 Å². The predicted octanol–water partition coefficient (Wildman–Crippen LogP) is 3.94. The van der Waals surface area contributed by atoms with Gasteiger partial charge in [0.2, 0.25) is 0 Å². The molecule has 0 unspecified atom stereocenters. The average molecular weight is 358 g/mol. The molecule has 0 radical (unpaired) electrons. The molecular weight excluding hydrogens is 348 g/mol. The maximum atomic E-state index is 13.7. The lowest BCUT2D eigenvalue weighted by atomic mass is 10.2. The fourth-order valence-electron chi connectivity index (χ4n) is 1.68. The second kappa shape index (κ2) is 6.28. The Morgan fingerprint density at radius 1 is 1.15 bits per heavy atom. The molecule has 0 aliphatic rings. The van der Waals surface area contributed by atoms with Crippen LogP contribution in [0.4, 0.5) is 8.78 Å². The molecule has 0 saturated carbocycles. The summed E-state index contributed by atoms with van der Waals surface area (Å²) in [6.07, 6.45) is 0. The first-order valence-electron chi connectivity index (χ1n) is 5.64. The Labute approximate surface area is 128 Å². The fraction of sp³-hybridized carbons (Fsp3) is 0.0714. The van der Waals surface area contributed by atoms with E-state index in [2.05, 4.69) is 15.9 Å². The van der Waals surface area contributed by atoms with Crippen molar-refractivity contribution in [3.05, 3.63) is 63.6 Å². The monoisotopic (exact) mass is 357 g/mol. The zero-order valence-electron chi connectivity index (χ0n) is 10.2. The molecule has 104 valence electrons. The summed E-state index contributed by atoms with van der Waals surface area (Å²) < 4.78 is 32.8. The highest BCUT2D eigenvalue weighted by Crippen LogP contribution is 2.25. The molecule has 20 heavy (non-hydrogen) atoms. The van der Waals surface area contributed by atoms with Gasteiger partial charge in [0.25, 0.3) is 0 Å². The van der Waals surface area contributed by atoms with Crippen LogP contribution in [-0.2, 0) is 6.61 Å². The summed E-state index contributed by atoms with van der Waals surface area (Å²) in [6, 6.07) is 8.90. The van der Waals surface area contributed by atoms with Crippen molar-refractivity contribution in [1.82, 2.24) is 0 Å². The van der Waals surface area contributed by atoms with Gasteiger partial charge < -0.3 is 10.5 Å². The molecule has 0 heterocycles. The number of hydrogen-bond donors (Lipinski definition) is 1. The first-order valence-corrected chi connectivity index (χ1v) is 6.85. The summed E-state index contributed by atoms with van der Waals surface area (Å²) in [7, 11) is 0. The Bertz CT molecular complexity index is 664. The number of nitrogens with two attached hydrogens (primary N) is 1. The van der Waals surface area contributed by atoms with E-state index in [-0.39, 0.29) is 28.7 Å². The van der Waals surface area contributed by atoms with Crippen molar-refractivity contribution >= 4 is 33.1 Å². The van der Waals surface area contributed by atoms with E-state index in [0.29, 0.717) is 10.0 Å². The Morgan fingerprint density at radius 3 is 2.50 bits per heavy atom. The van der Waals surface area contributed by atoms with Gasteiger partial charge in [0.15, 0.2) is 0 Å². The Morgan fingerprint density at radius 2 is 1.80 bits per heavy atom. The topological polar surface area (TPSA) is 35.2 Å². The highest BCUT2D eigenvalue weighted by molar-refractivity contribution is 9.10. The van der Waals surface area contributed by atoms with Crippen LogP contribution < -0.4 is 10.5 Å². The van der Waals surface area contributed by atoms with Crippen LogP contribution in [-0.4, -0.2) is 4.99 Å². The summed E-state index contributed by atoms with van der Waals surface area (Å²) in [6.45, 7) is 0.0669. The fourth-order valence-corrected chi connectivity index (χ4v) is 2.26. The van der Waals surface area contributed by atoms with Gasteiger partial charge in [-0.25, -0.2) is 8.78 Å². The summed E-state index contributed by atoms with van der Waals surface area (Å²) in [5, 5.41) is 0. The maximum Gasteiger partial charge on any atom is 0.137 e. The smallest absolute Gasteiger partial charge is 0.137 e. The van der Waals surface area contributed by atoms with E-state index < -0.39 is 5.82 Å². The van der Waals surface area contributed by atoms with E-state index in [0.717, 1.165) is 0 Å². The molecule has 0 aliphatic carbocycles. The van der Waals surface area contributed by atoms with Gasteiger partial charge in [-0.15, -0.1) is 0 Å². The minimum atomic E-state index is -0.548. The quantitative estimate of drug-likeness (QED) is 0.841. The molecule has 2 rings (SSSR count). The van der Waals surface area contributed by atoms with Crippen molar-refractivity contribution in [3.8, 4) is 5.75 Å². The number of ether oxygens (including phenoxy) is 1. The molecule has 6 heteroatoms. The maximum absolute atomic E-state index is 13.7.